The lowest BCUT2D eigenvalue weighted by Gasteiger charge is -2.10. The number of hydrogen-bond acceptors (Lipinski definition) is 2. The van der Waals surface area contributed by atoms with Crippen molar-refractivity contribution in [3.63, 3.8) is 0 Å². The summed E-state index contributed by atoms with van der Waals surface area (Å²) in [7, 11) is 0. The van der Waals surface area contributed by atoms with Gasteiger partial charge in [0.1, 0.15) is 5.82 Å². The number of para-hydroxylation sites is 1. The third-order valence-corrected chi connectivity index (χ3v) is 2.66. The molecule has 0 heterocycles. The van der Waals surface area contributed by atoms with Crippen molar-refractivity contribution >= 4 is 23.2 Å². The molecule has 0 atom stereocenters. The number of nitrogens with one attached hydrogen (secondary N) is 2. The van der Waals surface area contributed by atoms with Crippen LogP contribution in [0.5, 0.6) is 0 Å². The Hall–Kier alpha value is -2.69. The second-order valence-electron chi connectivity index (χ2n) is 4.19. The van der Waals surface area contributed by atoms with Crippen molar-refractivity contribution in [2.45, 2.75) is 6.92 Å². The number of carbonyl (C=O) groups is 2. The van der Waals surface area contributed by atoms with E-state index in [1.165, 1.54) is 31.2 Å². The monoisotopic (exact) mass is 272 g/mol. The first-order valence-electron chi connectivity index (χ1n) is 6.00. The summed E-state index contributed by atoms with van der Waals surface area (Å²) in [4.78, 5) is 23.2. The Morgan fingerprint density at radius 1 is 0.950 bits per heavy atom. The molecule has 4 nitrogen and oxygen atoms in total. The number of hydrogen-bond donors (Lipinski definition) is 2. The lowest BCUT2D eigenvalue weighted by Crippen LogP contribution is -2.20. The van der Waals surface area contributed by atoms with Gasteiger partial charge in [0, 0.05) is 11.3 Å². The van der Waals surface area contributed by atoms with Crippen molar-refractivity contribution in [3.05, 3.63) is 59.9 Å². The number of benzene rings is 2. The van der Waals surface area contributed by atoms with E-state index < -0.39 is 6.03 Å². The Labute approximate surface area is 115 Å². The normalized spacial score (nSPS) is 9.90. The first kappa shape index (κ1) is 13.7. The predicted molar refractivity (Wildman–Crippen MR) is 75.5 cm³/mol. The highest BCUT2D eigenvalue weighted by Crippen LogP contribution is 2.16. The fourth-order valence-electron chi connectivity index (χ4n) is 1.72. The Morgan fingerprint density at radius 3 is 2.25 bits per heavy atom. The molecule has 5 heteroatoms. The molecular formula is C15H13FN2O2. The van der Waals surface area contributed by atoms with Crippen LogP contribution in [-0.2, 0) is 0 Å². The Bertz CT molecular complexity index is 639. The van der Waals surface area contributed by atoms with Gasteiger partial charge in [0.15, 0.2) is 5.78 Å². The van der Waals surface area contributed by atoms with E-state index >= 15 is 0 Å². The highest BCUT2D eigenvalue weighted by Gasteiger charge is 2.09. The smallest absolute Gasteiger partial charge is 0.308 e. The van der Waals surface area contributed by atoms with Gasteiger partial charge in [-0.3, -0.25) is 4.79 Å². The molecule has 0 aliphatic rings. The van der Waals surface area contributed by atoms with Gasteiger partial charge >= 0.3 is 6.03 Å². The average Bonchev–Trinajstić information content (AvgIpc) is 2.41. The second-order valence-corrected chi connectivity index (χ2v) is 4.19. The Kier molecular flexibility index (Phi) is 4.10. The lowest BCUT2D eigenvalue weighted by molar-refractivity contribution is 0.101. The number of carbonyl (C=O) groups excluding carboxylic acids is 2. The van der Waals surface area contributed by atoms with Crippen LogP contribution in [0, 0.1) is 5.82 Å². The molecule has 102 valence electrons. The largest absolute Gasteiger partial charge is 0.323 e. The summed E-state index contributed by atoms with van der Waals surface area (Å²) in [6.07, 6.45) is 0. The summed E-state index contributed by atoms with van der Waals surface area (Å²) in [5.74, 6) is -0.513. The van der Waals surface area contributed by atoms with E-state index in [-0.39, 0.29) is 11.6 Å². The number of amides is 2. The van der Waals surface area contributed by atoms with Crippen LogP contribution < -0.4 is 10.6 Å². The van der Waals surface area contributed by atoms with Gasteiger partial charge in [0.05, 0.1) is 5.69 Å². The zero-order valence-electron chi connectivity index (χ0n) is 10.8. The lowest BCUT2D eigenvalue weighted by atomic mass is 10.1. The molecule has 0 saturated carbocycles. The van der Waals surface area contributed by atoms with E-state index in [0.29, 0.717) is 16.9 Å². The van der Waals surface area contributed by atoms with Crippen molar-refractivity contribution in [1.82, 2.24) is 0 Å². The summed E-state index contributed by atoms with van der Waals surface area (Å²) in [6.45, 7) is 1.43. The number of Topliss-reactive ketones (excluding diaryl/α,β-unsaturated/α-hetero) is 1. The van der Waals surface area contributed by atoms with Crippen molar-refractivity contribution in [2.75, 3.05) is 10.6 Å². The van der Waals surface area contributed by atoms with Crippen molar-refractivity contribution in [2.24, 2.45) is 0 Å². The Morgan fingerprint density at radius 2 is 1.60 bits per heavy atom. The van der Waals surface area contributed by atoms with Gasteiger partial charge < -0.3 is 10.6 Å². The van der Waals surface area contributed by atoms with Crippen molar-refractivity contribution < 1.29 is 14.0 Å². The van der Waals surface area contributed by atoms with Gasteiger partial charge in [-0.15, -0.1) is 0 Å². The first-order chi connectivity index (χ1) is 9.56. The fourth-order valence-corrected chi connectivity index (χ4v) is 1.72. The summed E-state index contributed by atoms with van der Waals surface area (Å²) < 4.78 is 12.7. The third-order valence-electron chi connectivity index (χ3n) is 2.66. The van der Waals surface area contributed by atoms with Gasteiger partial charge in [-0.25, -0.2) is 9.18 Å². The average molecular weight is 272 g/mol. The molecular weight excluding hydrogens is 259 g/mol. The van der Waals surface area contributed by atoms with Gasteiger partial charge in [-0.05, 0) is 43.3 Å². The van der Waals surface area contributed by atoms with Crippen LogP contribution in [0.3, 0.4) is 0 Å². The van der Waals surface area contributed by atoms with E-state index in [4.69, 9.17) is 0 Å². The summed E-state index contributed by atoms with van der Waals surface area (Å²) >= 11 is 0. The van der Waals surface area contributed by atoms with Gasteiger partial charge in [-0.1, -0.05) is 12.1 Å². The SMILES string of the molecule is CC(=O)c1ccccc1NC(=O)Nc1ccc(F)cc1. The number of halogens is 1. The number of urea groups is 1. The molecule has 2 N–H and O–H groups in total. The van der Waals surface area contributed by atoms with E-state index in [2.05, 4.69) is 10.6 Å². The molecule has 0 radical (unpaired) electrons. The van der Waals surface area contributed by atoms with E-state index in [9.17, 15) is 14.0 Å². The minimum absolute atomic E-state index is 0.136. The highest BCUT2D eigenvalue weighted by atomic mass is 19.1. The number of rotatable bonds is 3. The van der Waals surface area contributed by atoms with Crippen molar-refractivity contribution in [1.29, 1.82) is 0 Å². The molecule has 0 aliphatic heterocycles. The molecule has 0 bridgehead atoms. The quantitative estimate of drug-likeness (QED) is 0.837. The molecule has 0 spiro atoms. The maximum atomic E-state index is 12.7. The Balaban J connectivity index is 2.08. The maximum Gasteiger partial charge on any atom is 0.323 e. The maximum absolute atomic E-state index is 12.7. The molecule has 0 unspecified atom stereocenters. The van der Waals surface area contributed by atoms with Crippen molar-refractivity contribution in [3.8, 4) is 0 Å². The molecule has 0 saturated heterocycles. The zero-order chi connectivity index (χ0) is 14.5. The second kappa shape index (κ2) is 5.97. The molecule has 2 amide bonds. The van der Waals surface area contributed by atoms with Gasteiger partial charge in [0.25, 0.3) is 0 Å². The van der Waals surface area contributed by atoms with Crippen LogP contribution in [0.15, 0.2) is 48.5 Å². The van der Waals surface area contributed by atoms with Crippen LogP contribution in [0.4, 0.5) is 20.6 Å². The first-order valence-corrected chi connectivity index (χ1v) is 6.00. The van der Waals surface area contributed by atoms with E-state index in [0.717, 1.165) is 0 Å². The van der Waals surface area contributed by atoms with Crippen LogP contribution in [0.1, 0.15) is 17.3 Å². The van der Waals surface area contributed by atoms with Gasteiger partial charge in [-0.2, -0.15) is 0 Å². The molecule has 2 rings (SSSR count). The standard InChI is InChI=1S/C15H13FN2O2/c1-10(19)13-4-2-3-5-14(13)18-15(20)17-12-8-6-11(16)7-9-12/h2-9H,1H3,(H2,17,18,20). The molecule has 2 aromatic rings. The topological polar surface area (TPSA) is 58.2 Å². The van der Waals surface area contributed by atoms with Crippen LogP contribution in [0.2, 0.25) is 0 Å². The molecule has 0 fully saturated rings. The third kappa shape index (κ3) is 3.41. The van der Waals surface area contributed by atoms with E-state index in [1.807, 2.05) is 0 Å². The minimum Gasteiger partial charge on any atom is -0.308 e. The molecule has 0 aromatic heterocycles. The summed E-state index contributed by atoms with van der Waals surface area (Å²) in [5, 5.41) is 5.15. The minimum atomic E-state index is -0.495. The summed E-state index contributed by atoms with van der Waals surface area (Å²) in [5.41, 5.74) is 1.32. The van der Waals surface area contributed by atoms with Gasteiger partial charge in [0.2, 0.25) is 0 Å². The highest BCUT2D eigenvalue weighted by molar-refractivity contribution is 6.06. The predicted octanol–water partition coefficient (Wildman–Crippen LogP) is 3.67. The van der Waals surface area contributed by atoms with Crippen LogP contribution in [0.25, 0.3) is 0 Å². The van der Waals surface area contributed by atoms with E-state index in [1.54, 1.807) is 24.3 Å². The molecule has 20 heavy (non-hydrogen) atoms. The van der Waals surface area contributed by atoms with Crippen LogP contribution >= 0.6 is 0 Å². The zero-order valence-corrected chi connectivity index (χ0v) is 10.8. The number of anilines is 2. The molecule has 0 aliphatic carbocycles. The number of ketones is 1. The summed E-state index contributed by atoms with van der Waals surface area (Å²) in [6, 6.07) is 11.6. The fraction of sp³-hybridized carbons (Fsp3) is 0.0667. The molecule has 2 aromatic carbocycles. The van der Waals surface area contributed by atoms with Crippen LogP contribution in [-0.4, -0.2) is 11.8 Å².